The molecule has 18 heavy (non-hydrogen) atoms. The first-order chi connectivity index (χ1) is 8.69. The summed E-state index contributed by atoms with van der Waals surface area (Å²) in [7, 11) is 2.04. The van der Waals surface area contributed by atoms with E-state index in [2.05, 4.69) is 48.7 Å². The number of hydrogen-bond acceptors (Lipinski definition) is 2. The summed E-state index contributed by atoms with van der Waals surface area (Å²) < 4.78 is 0. The molecule has 1 fully saturated rings. The molecule has 0 saturated heterocycles. The lowest BCUT2D eigenvalue weighted by Crippen LogP contribution is -2.26. The molecule has 0 spiro atoms. The van der Waals surface area contributed by atoms with Crippen LogP contribution in [0.2, 0.25) is 0 Å². The normalized spacial score (nSPS) is 18.4. The van der Waals surface area contributed by atoms with Gasteiger partial charge < -0.3 is 10.6 Å². The molecular weight excluding hydrogens is 220 g/mol. The molecule has 0 aliphatic heterocycles. The van der Waals surface area contributed by atoms with E-state index >= 15 is 0 Å². The molecule has 1 saturated carbocycles. The van der Waals surface area contributed by atoms with Crippen molar-refractivity contribution in [3.05, 3.63) is 29.8 Å². The van der Waals surface area contributed by atoms with Gasteiger partial charge in [-0.3, -0.25) is 0 Å². The van der Waals surface area contributed by atoms with Crippen LogP contribution in [0.3, 0.4) is 0 Å². The van der Waals surface area contributed by atoms with Gasteiger partial charge in [-0.1, -0.05) is 26.0 Å². The van der Waals surface area contributed by atoms with E-state index in [-0.39, 0.29) is 0 Å². The van der Waals surface area contributed by atoms with Gasteiger partial charge in [0.25, 0.3) is 0 Å². The minimum absolute atomic E-state index is 0.518. The van der Waals surface area contributed by atoms with Crippen molar-refractivity contribution < 1.29 is 0 Å². The molecule has 2 N–H and O–H groups in total. The fraction of sp³-hybridized carbons (Fsp3) is 0.625. The number of nitrogens with one attached hydrogen (secondary N) is 2. The molecule has 1 atom stereocenters. The van der Waals surface area contributed by atoms with Crippen LogP contribution in [0.25, 0.3) is 0 Å². The molecule has 0 heterocycles. The average molecular weight is 246 g/mol. The lowest BCUT2D eigenvalue weighted by molar-refractivity contribution is 0.507. The van der Waals surface area contributed by atoms with E-state index in [4.69, 9.17) is 0 Å². The van der Waals surface area contributed by atoms with Crippen LogP contribution in [-0.2, 0) is 0 Å². The van der Waals surface area contributed by atoms with Crippen LogP contribution >= 0.6 is 0 Å². The molecule has 0 bridgehead atoms. The molecule has 0 radical (unpaired) electrons. The van der Waals surface area contributed by atoms with Crippen LogP contribution in [0.5, 0.6) is 0 Å². The Labute approximate surface area is 111 Å². The van der Waals surface area contributed by atoms with E-state index in [1.54, 1.807) is 0 Å². The summed E-state index contributed by atoms with van der Waals surface area (Å²) in [6.07, 6.45) is 3.91. The standard InChI is InChI=1S/C16H26N2/c1-4-13(2)14-5-7-15(8-6-14)18-12-16(9-10-16)11-17-3/h5-8,13,17-18H,4,9-12H2,1-3H3. The third-order valence-corrected chi connectivity index (χ3v) is 4.27. The Bertz CT molecular complexity index is 365. The molecule has 100 valence electrons. The molecule has 1 aromatic carbocycles. The first-order valence-corrected chi connectivity index (χ1v) is 7.17. The highest BCUT2D eigenvalue weighted by Crippen LogP contribution is 2.44. The molecule has 1 aliphatic rings. The number of benzene rings is 1. The summed E-state index contributed by atoms with van der Waals surface area (Å²) in [5.41, 5.74) is 3.22. The summed E-state index contributed by atoms with van der Waals surface area (Å²) in [6, 6.07) is 8.95. The van der Waals surface area contributed by atoms with Crippen molar-refractivity contribution in [3.8, 4) is 0 Å². The maximum atomic E-state index is 3.58. The van der Waals surface area contributed by atoms with Gasteiger partial charge in [0.05, 0.1) is 0 Å². The topological polar surface area (TPSA) is 24.1 Å². The van der Waals surface area contributed by atoms with E-state index in [1.807, 2.05) is 7.05 Å². The molecule has 0 amide bonds. The Morgan fingerprint density at radius 1 is 1.17 bits per heavy atom. The quantitative estimate of drug-likeness (QED) is 0.768. The third-order valence-electron chi connectivity index (χ3n) is 4.27. The predicted octanol–water partition coefficient (Wildman–Crippen LogP) is 3.61. The number of anilines is 1. The van der Waals surface area contributed by atoms with Crippen LogP contribution in [0.15, 0.2) is 24.3 Å². The molecule has 2 heteroatoms. The summed E-state index contributed by atoms with van der Waals surface area (Å²) in [4.78, 5) is 0. The second-order valence-electron chi connectivity index (χ2n) is 5.82. The zero-order valence-electron chi connectivity index (χ0n) is 11.9. The molecular formula is C16H26N2. The Kier molecular flexibility index (Phi) is 4.28. The van der Waals surface area contributed by atoms with Gasteiger partial charge in [-0.2, -0.15) is 0 Å². The fourth-order valence-corrected chi connectivity index (χ4v) is 2.42. The van der Waals surface area contributed by atoms with Crippen molar-refractivity contribution in [2.24, 2.45) is 5.41 Å². The second-order valence-corrected chi connectivity index (χ2v) is 5.82. The summed E-state index contributed by atoms with van der Waals surface area (Å²) >= 11 is 0. The van der Waals surface area contributed by atoms with Gasteiger partial charge in [-0.25, -0.2) is 0 Å². The van der Waals surface area contributed by atoms with Crippen LogP contribution in [0.4, 0.5) is 5.69 Å². The average Bonchev–Trinajstić information content (AvgIpc) is 3.17. The van der Waals surface area contributed by atoms with Gasteiger partial charge in [0, 0.05) is 24.2 Å². The Morgan fingerprint density at radius 3 is 2.33 bits per heavy atom. The van der Waals surface area contributed by atoms with Gasteiger partial charge in [-0.15, -0.1) is 0 Å². The van der Waals surface area contributed by atoms with E-state index in [0.29, 0.717) is 11.3 Å². The summed E-state index contributed by atoms with van der Waals surface area (Å²) in [5, 5.41) is 6.87. The van der Waals surface area contributed by atoms with Crippen LogP contribution in [-0.4, -0.2) is 20.1 Å². The van der Waals surface area contributed by atoms with Gasteiger partial charge >= 0.3 is 0 Å². The highest BCUT2D eigenvalue weighted by Gasteiger charge is 2.41. The van der Waals surface area contributed by atoms with Gasteiger partial charge in [-0.05, 0) is 49.9 Å². The van der Waals surface area contributed by atoms with Crippen molar-refractivity contribution in [2.45, 2.75) is 39.0 Å². The zero-order valence-corrected chi connectivity index (χ0v) is 11.9. The molecule has 1 aromatic rings. The highest BCUT2D eigenvalue weighted by atomic mass is 14.9. The van der Waals surface area contributed by atoms with Crippen molar-refractivity contribution >= 4 is 5.69 Å². The van der Waals surface area contributed by atoms with Crippen LogP contribution in [0.1, 0.15) is 44.6 Å². The lowest BCUT2D eigenvalue weighted by atomic mass is 9.98. The van der Waals surface area contributed by atoms with E-state index in [0.717, 1.165) is 13.1 Å². The van der Waals surface area contributed by atoms with Gasteiger partial charge in [0.1, 0.15) is 0 Å². The van der Waals surface area contributed by atoms with Crippen molar-refractivity contribution in [1.82, 2.24) is 5.32 Å². The predicted molar refractivity (Wildman–Crippen MR) is 79.2 cm³/mol. The largest absolute Gasteiger partial charge is 0.384 e. The minimum atomic E-state index is 0.518. The maximum Gasteiger partial charge on any atom is 0.0340 e. The highest BCUT2D eigenvalue weighted by molar-refractivity contribution is 5.45. The van der Waals surface area contributed by atoms with Crippen molar-refractivity contribution in [1.29, 1.82) is 0 Å². The Morgan fingerprint density at radius 2 is 1.83 bits per heavy atom. The Hall–Kier alpha value is -1.02. The Balaban J connectivity index is 1.87. The number of hydrogen-bond donors (Lipinski definition) is 2. The first-order valence-electron chi connectivity index (χ1n) is 7.17. The number of rotatable bonds is 7. The second kappa shape index (κ2) is 5.75. The lowest BCUT2D eigenvalue weighted by Gasteiger charge is -2.17. The maximum absolute atomic E-state index is 3.58. The van der Waals surface area contributed by atoms with E-state index in [1.165, 1.54) is 30.5 Å². The minimum Gasteiger partial charge on any atom is -0.384 e. The monoisotopic (exact) mass is 246 g/mol. The molecule has 1 aliphatic carbocycles. The molecule has 0 aromatic heterocycles. The fourth-order valence-electron chi connectivity index (χ4n) is 2.42. The first kappa shape index (κ1) is 13.4. The third kappa shape index (κ3) is 3.26. The SMILES string of the molecule is CCC(C)c1ccc(NCC2(CNC)CC2)cc1. The molecule has 2 nitrogen and oxygen atoms in total. The summed E-state index contributed by atoms with van der Waals surface area (Å²) in [6.45, 7) is 6.75. The zero-order chi connectivity index (χ0) is 13.0. The molecule has 2 rings (SSSR count). The van der Waals surface area contributed by atoms with Gasteiger partial charge in [0.15, 0.2) is 0 Å². The van der Waals surface area contributed by atoms with Crippen molar-refractivity contribution in [2.75, 3.05) is 25.5 Å². The van der Waals surface area contributed by atoms with Gasteiger partial charge in [0.2, 0.25) is 0 Å². The summed E-state index contributed by atoms with van der Waals surface area (Å²) in [5.74, 6) is 0.665. The van der Waals surface area contributed by atoms with E-state index in [9.17, 15) is 0 Å². The van der Waals surface area contributed by atoms with Crippen molar-refractivity contribution in [3.63, 3.8) is 0 Å². The van der Waals surface area contributed by atoms with Crippen LogP contribution < -0.4 is 10.6 Å². The van der Waals surface area contributed by atoms with Crippen LogP contribution in [0, 0.1) is 5.41 Å². The van der Waals surface area contributed by atoms with E-state index < -0.39 is 0 Å². The molecule has 1 unspecified atom stereocenters. The smallest absolute Gasteiger partial charge is 0.0340 e.